The summed E-state index contributed by atoms with van der Waals surface area (Å²) in [6.07, 6.45) is 9.96. The average molecular weight is 504 g/mol. The number of aliphatic hydroxyl groups excluding tert-OH is 1. The maximum Gasteiger partial charge on any atom is 0.129 e. The van der Waals surface area contributed by atoms with Gasteiger partial charge in [0.15, 0.2) is 0 Å². The first-order chi connectivity index (χ1) is 18.0. The van der Waals surface area contributed by atoms with Crippen LogP contribution in [0.25, 0.3) is 11.3 Å². The first-order valence-electron chi connectivity index (χ1n) is 15.2. The maximum absolute atomic E-state index is 9.31. The van der Waals surface area contributed by atoms with E-state index in [9.17, 15) is 5.11 Å². The second-order valence-corrected chi connectivity index (χ2v) is 12.2. The van der Waals surface area contributed by atoms with Gasteiger partial charge in [-0.05, 0) is 110 Å². The van der Waals surface area contributed by atoms with E-state index in [4.69, 9.17) is 4.98 Å². The van der Waals surface area contributed by atoms with Gasteiger partial charge in [0.05, 0.1) is 5.69 Å². The van der Waals surface area contributed by atoms with Gasteiger partial charge in [-0.2, -0.15) is 0 Å². The van der Waals surface area contributed by atoms with Crippen molar-refractivity contribution in [2.45, 2.75) is 89.9 Å². The number of nitrogens with zero attached hydrogens (tertiary/aromatic N) is 3. The Balaban J connectivity index is 1.33. The SMILES string of the molecule is CCC1(CC)CCC(CC)(CC)c2cc(-c3cccc(N4CCN(CCC5CC5CO)CC4)n3)ccc21. The Morgan fingerprint density at radius 1 is 0.838 bits per heavy atom. The standard InChI is InChI=1S/C33H49N3O/c1-5-32(6-2)15-16-33(7-3,8-4)29-23-26(12-13-28(29)32)30-10-9-11-31(34-30)36-20-18-35(19-21-36)17-14-25-22-27(25)24-37/h9-13,23,25,27,37H,5-8,14-22,24H2,1-4H3. The van der Waals surface area contributed by atoms with Gasteiger partial charge in [0.25, 0.3) is 0 Å². The minimum absolute atomic E-state index is 0.296. The lowest BCUT2D eigenvalue weighted by molar-refractivity contribution is 0.237. The molecule has 2 heterocycles. The van der Waals surface area contributed by atoms with Crippen molar-refractivity contribution in [1.82, 2.24) is 9.88 Å². The molecule has 0 amide bonds. The Labute approximate surface area is 225 Å². The van der Waals surface area contributed by atoms with Crippen LogP contribution >= 0.6 is 0 Å². The van der Waals surface area contributed by atoms with Crippen LogP contribution in [0.2, 0.25) is 0 Å². The van der Waals surface area contributed by atoms with Crippen molar-refractivity contribution in [1.29, 1.82) is 0 Å². The van der Waals surface area contributed by atoms with Crippen LogP contribution in [0.5, 0.6) is 0 Å². The molecule has 2 aromatic rings. The molecule has 0 spiro atoms. The van der Waals surface area contributed by atoms with E-state index in [0.29, 0.717) is 23.4 Å². The van der Waals surface area contributed by atoms with E-state index in [1.165, 1.54) is 63.5 Å². The minimum Gasteiger partial charge on any atom is -0.396 e. The Morgan fingerprint density at radius 2 is 1.51 bits per heavy atom. The highest BCUT2D eigenvalue weighted by Crippen LogP contribution is 2.53. The van der Waals surface area contributed by atoms with Crippen LogP contribution in [0.15, 0.2) is 36.4 Å². The molecule has 1 aromatic heterocycles. The Hall–Kier alpha value is -1.91. The first-order valence-corrected chi connectivity index (χ1v) is 15.2. The zero-order chi connectivity index (χ0) is 26.0. The summed E-state index contributed by atoms with van der Waals surface area (Å²) in [6, 6.07) is 13.9. The molecule has 1 aliphatic heterocycles. The molecule has 1 saturated heterocycles. The largest absolute Gasteiger partial charge is 0.396 e. The van der Waals surface area contributed by atoms with Crippen LogP contribution in [0, 0.1) is 11.8 Å². The fourth-order valence-corrected chi connectivity index (χ4v) is 7.52. The first kappa shape index (κ1) is 26.7. The third-order valence-corrected chi connectivity index (χ3v) is 10.8. The quantitative estimate of drug-likeness (QED) is 0.387. The van der Waals surface area contributed by atoms with Crippen LogP contribution in [0.3, 0.4) is 0 Å². The lowest BCUT2D eigenvalue weighted by atomic mass is 9.57. The summed E-state index contributed by atoms with van der Waals surface area (Å²) >= 11 is 0. The van der Waals surface area contributed by atoms with Gasteiger partial charge in [-0.3, -0.25) is 4.90 Å². The summed E-state index contributed by atoms with van der Waals surface area (Å²) in [5.74, 6) is 2.46. The topological polar surface area (TPSA) is 39.6 Å². The number of hydrogen-bond donors (Lipinski definition) is 1. The molecule has 1 saturated carbocycles. The number of aromatic nitrogens is 1. The van der Waals surface area contributed by atoms with E-state index in [-0.39, 0.29) is 0 Å². The summed E-state index contributed by atoms with van der Waals surface area (Å²) in [4.78, 5) is 10.3. The highest BCUT2D eigenvalue weighted by atomic mass is 16.3. The highest BCUT2D eigenvalue weighted by Gasteiger charge is 2.43. The van der Waals surface area contributed by atoms with E-state index < -0.39 is 0 Å². The summed E-state index contributed by atoms with van der Waals surface area (Å²) in [5.41, 5.74) is 6.22. The number of aliphatic hydroxyl groups is 1. The van der Waals surface area contributed by atoms with Crippen LogP contribution in [0.1, 0.15) is 90.2 Å². The fraction of sp³-hybridized carbons (Fsp3) is 0.667. The van der Waals surface area contributed by atoms with Gasteiger partial charge in [0.1, 0.15) is 5.82 Å². The highest BCUT2D eigenvalue weighted by molar-refractivity contribution is 5.65. The Kier molecular flexibility index (Phi) is 7.98. The Bertz CT molecular complexity index is 1050. The fourth-order valence-electron chi connectivity index (χ4n) is 7.52. The lowest BCUT2D eigenvalue weighted by Crippen LogP contribution is -2.47. The maximum atomic E-state index is 9.31. The van der Waals surface area contributed by atoms with Gasteiger partial charge in [-0.25, -0.2) is 4.98 Å². The third kappa shape index (κ3) is 5.08. The summed E-state index contributed by atoms with van der Waals surface area (Å²) in [7, 11) is 0. The number of anilines is 1. The van der Waals surface area contributed by atoms with E-state index in [1.54, 1.807) is 11.1 Å². The van der Waals surface area contributed by atoms with Crippen LogP contribution in [0.4, 0.5) is 5.82 Å². The van der Waals surface area contributed by atoms with Gasteiger partial charge in [0.2, 0.25) is 0 Å². The number of benzene rings is 1. The van der Waals surface area contributed by atoms with Crippen molar-refractivity contribution in [3.63, 3.8) is 0 Å². The lowest BCUT2D eigenvalue weighted by Gasteiger charge is -2.48. The van der Waals surface area contributed by atoms with Crippen molar-refractivity contribution in [3.05, 3.63) is 47.5 Å². The number of hydrogen-bond acceptors (Lipinski definition) is 4. The van der Waals surface area contributed by atoms with Crippen molar-refractivity contribution in [3.8, 4) is 11.3 Å². The zero-order valence-corrected chi connectivity index (χ0v) is 23.8. The van der Waals surface area contributed by atoms with E-state index in [2.05, 4.69) is 73.9 Å². The average Bonchev–Trinajstić information content (AvgIpc) is 3.74. The molecule has 37 heavy (non-hydrogen) atoms. The molecular weight excluding hydrogens is 454 g/mol. The number of piperazine rings is 1. The molecule has 1 aromatic carbocycles. The monoisotopic (exact) mass is 503 g/mol. The van der Waals surface area contributed by atoms with Crippen molar-refractivity contribution < 1.29 is 5.11 Å². The molecule has 2 unspecified atom stereocenters. The van der Waals surface area contributed by atoms with E-state index >= 15 is 0 Å². The molecule has 0 radical (unpaired) electrons. The van der Waals surface area contributed by atoms with Gasteiger partial charge in [-0.15, -0.1) is 0 Å². The molecular formula is C33H49N3O. The van der Waals surface area contributed by atoms with Gasteiger partial charge >= 0.3 is 0 Å². The number of rotatable bonds is 10. The number of pyridine rings is 1. The second-order valence-electron chi connectivity index (χ2n) is 12.2. The summed E-state index contributed by atoms with van der Waals surface area (Å²) in [6.45, 7) is 15.4. The van der Waals surface area contributed by atoms with Crippen molar-refractivity contribution >= 4 is 5.82 Å². The molecule has 2 fully saturated rings. The predicted molar refractivity (Wildman–Crippen MR) is 155 cm³/mol. The summed E-state index contributed by atoms with van der Waals surface area (Å²) < 4.78 is 0. The molecule has 3 aliphatic rings. The third-order valence-electron chi connectivity index (χ3n) is 10.8. The van der Waals surface area contributed by atoms with Crippen LogP contribution in [-0.2, 0) is 10.8 Å². The molecule has 202 valence electrons. The molecule has 4 heteroatoms. The van der Waals surface area contributed by atoms with Crippen LogP contribution < -0.4 is 4.90 Å². The van der Waals surface area contributed by atoms with Crippen LogP contribution in [-0.4, -0.2) is 54.3 Å². The molecule has 5 rings (SSSR count). The zero-order valence-electron chi connectivity index (χ0n) is 23.8. The van der Waals surface area contributed by atoms with Gasteiger partial charge < -0.3 is 10.0 Å². The van der Waals surface area contributed by atoms with Gasteiger partial charge in [-0.1, -0.05) is 45.9 Å². The van der Waals surface area contributed by atoms with Gasteiger partial charge in [0, 0.05) is 38.3 Å². The number of fused-ring (bicyclic) bond motifs is 1. The molecule has 0 bridgehead atoms. The molecule has 1 N–H and O–H groups in total. The second kappa shape index (κ2) is 11.1. The Morgan fingerprint density at radius 3 is 2.14 bits per heavy atom. The molecule has 2 aliphatic carbocycles. The molecule has 4 nitrogen and oxygen atoms in total. The van der Waals surface area contributed by atoms with E-state index in [0.717, 1.165) is 43.6 Å². The predicted octanol–water partition coefficient (Wildman–Crippen LogP) is 6.80. The van der Waals surface area contributed by atoms with Crippen molar-refractivity contribution in [2.24, 2.45) is 11.8 Å². The minimum atomic E-state index is 0.296. The normalized spacial score (nSPS) is 24.6. The smallest absolute Gasteiger partial charge is 0.129 e. The summed E-state index contributed by atoms with van der Waals surface area (Å²) in [5, 5.41) is 9.31. The molecule has 2 atom stereocenters. The van der Waals surface area contributed by atoms with Crippen molar-refractivity contribution in [2.75, 3.05) is 44.2 Å². The van der Waals surface area contributed by atoms with E-state index in [1.807, 2.05) is 0 Å².